The van der Waals surface area contributed by atoms with Crippen LogP contribution in [0.3, 0.4) is 0 Å². The maximum absolute atomic E-state index is 12.0. The number of amides is 3. The zero-order valence-corrected chi connectivity index (χ0v) is 26.0. The number of carbonyl (C=O) groups excluding carboxylic acids is 3. The van der Waals surface area contributed by atoms with Crippen LogP contribution >= 0.6 is 0 Å². The number of hydrogen-bond donors (Lipinski definition) is 3. The molecular formula is C33H44N8O3. The molecule has 3 aromatic rings. The average Bonchev–Trinajstić information content (AvgIpc) is 3.97. The second-order valence-corrected chi connectivity index (χ2v) is 10.6. The molecule has 0 radical (unpaired) electrons. The van der Waals surface area contributed by atoms with Gasteiger partial charge < -0.3 is 16.8 Å². The van der Waals surface area contributed by atoms with Gasteiger partial charge in [0.2, 0.25) is 11.8 Å². The van der Waals surface area contributed by atoms with Crippen molar-refractivity contribution >= 4 is 35.0 Å². The summed E-state index contributed by atoms with van der Waals surface area (Å²) in [5.74, 6) is 1.12. The monoisotopic (exact) mass is 600 g/mol. The van der Waals surface area contributed by atoms with E-state index in [1.807, 2.05) is 32.1 Å². The fraction of sp³-hybridized carbons (Fsp3) is 0.394. The molecule has 6 rings (SSSR count). The van der Waals surface area contributed by atoms with Crippen LogP contribution in [-0.4, -0.2) is 44.0 Å². The van der Waals surface area contributed by atoms with Gasteiger partial charge in [-0.15, -0.1) is 0 Å². The molecule has 0 atom stereocenters. The van der Waals surface area contributed by atoms with Gasteiger partial charge in [0.15, 0.2) is 17.3 Å². The number of primary amides is 2. The quantitative estimate of drug-likeness (QED) is 0.292. The number of benzene rings is 1. The van der Waals surface area contributed by atoms with Gasteiger partial charge in [0, 0.05) is 31.8 Å². The lowest BCUT2D eigenvalue weighted by molar-refractivity contribution is -0.119. The third-order valence-electron chi connectivity index (χ3n) is 7.17. The van der Waals surface area contributed by atoms with E-state index in [1.54, 1.807) is 41.2 Å². The number of anilines is 3. The van der Waals surface area contributed by atoms with Gasteiger partial charge in [0.25, 0.3) is 5.91 Å². The van der Waals surface area contributed by atoms with Crippen LogP contribution in [0.4, 0.5) is 17.3 Å². The van der Waals surface area contributed by atoms with Crippen molar-refractivity contribution in [2.75, 3.05) is 16.8 Å². The van der Waals surface area contributed by atoms with Gasteiger partial charge >= 0.3 is 0 Å². The summed E-state index contributed by atoms with van der Waals surface area (Å²) in [4.78, 5) is 44.3. The number of nitrogens with zero attached hydrogens (tertiary/aromatic N) is 5. The molecule has 0 unspecified atom stereocenters. The Morgan fingerprint density at radius 3 is 2.18 bits per heavy atom. The molecule has 11 heteroatoms. The largest absolute Gasteiger partial charge is 0.366 e. The normalized spacial score (nSPS) is 15.2. The Kier molecular flexibility index (Phi) is 12.4. The Hall–Kier alpha value is -4.80. The lowest BCUT2D eigenvalue weighted by Gasteiger charge is -2.25. The van der Waals surface area contributed by atoms with Crippen molar-refractivity contribution in [3.05, 3.63) is 84.5 Å². The third-order valence-corrected chi connectivity index (χ3v) is 7.17. The molecule has 44 heavy (non-hydrogen) atoms. The predicted octanol–water partition coefficient (Wildman–Crippen LogP) is 5.40. The zero-order chi connectivity index (χ0) is 32.2. The summed E-state index contributed by atoms with van der Waals surface area (Å²) in [6, 6.07) is 7.60. The molecule has 2 saturated carbocycles. The van der Waals surface area contributed by atoms with E-state index in [4.69, 9.17) is 11.5 Å². The van der Waals surface area contributed by atoms with Crippen molar-refractivity contribution in [1.82, 2.24) is 19.7 Å². The first-order valence-electron chi connectivity index (χ1n) is 15.1. The lowest BCUT2D eigenvalue weighted by atomic mass is 10.1. The van der Waals surface area contributed by atoms with Crippen molar-refractivity contribution in [3.63, 3.8) is 0 Å². The van der Waals surface area contributed by atoms with Gasteiger partial charge in [0.05, 0.1) is 18.1 Å². The van der Waals surface area contributed by atoms with Gasteiger partial charge in [-0.1, -0.05) is 50.8 Å². The number of carbonyl (C=O) groups is 3. The first-order chi connectivity index (χ1) is 21.2. The topological polar surface area (TPSA) is 162 Å². The zero-order valence-electron chi connectivity index (χ0n) is 26.0. The Balaban J connectivity index is 0.000000208. The summed E-state index contributed by atoms with van der Waals surface area (Å²) in [6.45, 7) is 12.0. The average molecular weight is 601 g/mol. The molecule has 2 aromatic heterocycles. The number of hydrogen-bond acceptors (Lipinski definition) is 7. The molecular weight excluding hydrogens is 556 g/mol. The fourth-order valence-corrected chi connectivity index (χ4v) is 4.40. The number of rotatable bonds is 8. The summed E-state index contributed by atoms with van der Waals surface area (Å²) in [5.41, 5.74) is 14.3. The van der Waals surface area contributed by atoms with Crippen LogP contribution in [0, 0.1) is 5.92 Å². The van der Waals surface area contributed by atoms with Crippen molar-refractivity contribution in [1.29, 1.82) is 0 Å². The summed E-state index contributed by atoms with van der Waals surface area (Å²) >= 11 is 0. The first-order valence-corrected chi connectivity index (χ1v) is 15.1. The van der Waals surface area contributed by atoms with Crippen molar-refractivity contribution in [2.24, 2.45) is 24.4 Å². The smallest absolute Gasteiger partial charge is 0.271 e. The third kappa shape index (κ3) is 9.89. The van der Waals surface area contributed by atoms with Gasteiger partial charge in [-0.2, -0.15) is 5.10 Å². The molecule has 1 aromatic carbocycles. The summed E-state index contributed by atoms with van der Waals surface area (Å²) < 4.78 is 1.61. The number of allylic oxidation sites excluding steroid dienone is 2. The van der Waals surface area contributed by atoms with Crippen LogP contribution in [0.25, 0.3) is 0 Å². The molecule has 0 bridgehead atoms. The van der Waals surface area contributed by atoms with E-state index in [-0.39, 0.29) is 23.3 Å². The molecule has 0 spiro atoms. The van der Waals surface area contributed by atoms with Gasteiger partial charge in [-0.05, 0) is 68.1 Å². The minimum Gasteiger partial charge on any atom is -0.366 e. The minimum absolute atomic E-state index is 0.00435. The van der Waals surface area contributed by atoms with Crippen molar-refractivity contribution in [3.8, 4) is 0 Å². The Labute approximate surface area is 259 Å². The van der Waals surface area contributed by atoms with E-state index in [0.717, 1.165) is 24.7 Å². The number of nitrogens with one attached hydrogen (secondary N) is 1. The molecule has 1 saturated heterocycles. The first kappa shape index (κ1) is 33.7. The van der Waals surface area contributed by atoms with Gasteiger partial charge in [-0.3, -0.25) is 24.0 Å². The fourth-order valence-electron chi connectivity index (χ4n) is 4.40. The molecule has 2 aliphatic carbocycles. The van der Waals surface area contributed by atoms with Gasteiger partial charge in [-0.25, -0.2) is 9.97 Å². The molecule has 5 N–H and O–H groups in total. The van der Waals surface area contributed by atoms with Crippen molar-refractivity contribution < 1.29 is 14.4 Å². The van der Waals surface area contributed by atoms with E-state index >= 15 is 0 Å². The van der Waals surface area contributed by atoms with E-state index in [9.17, 15) is 14.4 Å². The summed E-state index contributed by atoms with van der Waals surface area (Å²) in [5, 5.41) is 7.01. The Bertz CT molecular complexity index is 1460. The molecule has 3 aliphatic rings. The van der Waals surface area contributed by atoms with E-state index in [0.29, 0.717) is 30.0 Å². The maximum atomic E-state index is 12.0. The van der Waals surface area contributed by atoms with Gasteiger partial charge in [0.1, 0.15) is 0 Å². The minimum atomic E-state index is -0.694. The second-order valence-electron chi connectivity index (χ2n) is 10.6. The SMILES string of the molecule is C=CC(=C)C1CC1.CC.Cn1cc(Nc2nc(N3CCCCC3=O)cnc2C(N)=O)cn1.NC(=O)c1ccc(C2CC2)cc1. The number of aromatic nitrogens is 4. The summed E-state index contributed by atoms with van der Waals surface area (Å²) in [7, 11) is 1.77. The predicted molar refractivity (Wildman–Crippen MR) is 174 cm³/mol. The number of piperidine rings is 1. The molecule has 1 aliphatic heterocycles. The molecule has 234 valence electrons. The molecule has 3 heterocycles. The van der Waals surface area contributed by atoms with Crippen LogP contribution in [-0.2, 0) is 11.8 Å². The van der Waals surface area contributed by atoms with E-state index in [1.165, 1.54) is 43.0 Å². The standard InChI is InChI=1S/C14H17N7O2.C10H11NO.C7H10.C2H6/c1-20-8-9(6-17-20)18-14-12(13(15)23)16-7-10(19-14)21-5-3-2-4-11(21)22;11-10(12)9-5-3-8(4-6-9)7-1-2-7;1-3-6(2)7-4-5-7;1-2/h6-8H,2-5H2,1H3,(H2,15,23)(H,18,19);3-7H,1-2H2,(H2,11,12);3,7H,1-2,4-5H2;1-2H3. The van der Waals surface area contributed by atoms with Crippen LogP contribution in [0.1, 0.15) is 91.1 Å². The molecule has 3 amide bonds. The second kappa shape index (κ2) is 16.2. The van der Waals surface area contributed by atoms with Crippen LogP contribution in [0.2, 0.25) is 0 Å². The molecule has 3 fully saturated rings. The number of nitrogens with two attached hydrogens (primary N) is 2. The Morgan fingerprint density at radius 1 is 1.02 bits per heavy atom. The highest BCUT2D eigenvalue weighted by molar-refractivity contribution is 5.97. The van der Waals surface area contributed by atoms with E-state index < -0.39 is 5.91 Å². The summed E-state index contributed by atoms with van der Waals surface area (Å²) in [6.07, 6.45) is 14.1. The highest BCUT2D eigenvalue weighted by Gasteiger charge is 2.24. The number of aryl methyl sites for hydroxylation is 1. The highest BCUT2D eigenvalue weighted by atomic mass is 16.2. The maximum Gasteiger partial charge on any atom is 0.271 e. The van der Waals surface area contributed by atoms with Crippen LogP contribution in [0.15, 0.2) is 67.7 Å². The Morgan fingerprint density at radius 2 is 1.70 bits per heavy atom. The van der Waals surface area contributed by atoms with Crippen molar-refractivity contribution in [2.45, 2.75) is 64.7 Å². The van der Waals surface area contributed by atoms with E-state index in [2.05, 4.69) is 33.5 Å². The van der Waals surface area contributed by atoms with Crippen LogP contribution in [0.5, 0.6) is 0 Å². The molecule has 11 nitrogen and oxygen atoms in total. The highest BCUT2D eigenvalue weighted by Crippen LogP contribution is 2.39. The lowest BCUT2D eigenvalue weighted by Crippen LogP contribution is -2.36. The van der Waals surface area contributed by atoms with Crippen LogP contribution < -0.4 is 21.7 Å².